The summed E-state index contributed by atoms with van der Waals surface area (Å²) in [5, 5.41) is 2.85. The van der Waals surface area contributed by atoms with Crippen LogP contribution in [-0.4, -0.2) is 26.7 Å². The maximum Gasteiger partial charge on any atom is 0.286 e. The minimum absolute atomic E-state index is 0.0299. The largest absolute Gasteiger partial charge is 0.328 e. The number of benzene rings is 2. The monoisotopic (exact) mass is 425 g/mol. The summed E-state index contributed by atoms with van der Waals surface area (Å²) in [4.78, 5) is 14.9. The highest BCUT2D eigenvalue weighted by atomic mass is 32.2. The van der Waals surface area contributed by atoms with Gasteiger partial charge in [-0.1, -0.05) is 39.3 Å². The lowest BCUT2D eigenvalue weighted by Gasteiger charge is -2.29. The fraction of sp³-hybridized carbons (Fsp3) is 0.391. The molecule has 2 aromatic rings. The summed E-state index contributed by atoms with van der Waals surface area (Å²) in [6, 6.07) is 12.5. The quantitative estimate of drug-likeness (QED) is 0.755. The first-order valence-corrected chi connectivity index (χ1v) is 11.8. The van der Waals surface area contributed by atoms with Crippen LogP contribution in [0.3, 0.4) is 0 Å². The minimum Gasteiger partial charge on any atom is -0.328 e. The predicted octanol–water partition coefficient (Wildman–Crippen LogP) is 4.72. The van der Waals surface area contributed by atoms with Crippen molar-refractivity contribution in [3.8, 4) is 0 Å². The van der Waals surface area contributed by atoms with Crippen molar-refractivity contribution < 1.29 is 13.2 Å². The summed E-state index contributed by atoms with van der Waals surface area (Å²) in [7, 11) is -3.81. The zero-order valence-electron chi connectivity index (χ0n) is 17.6. The van der Waals surface area contributed by atoms with E-state index in [1.165, 1.54) is 11.6 Å². The molecule has 4 rings (SSSR count). The summed E-state index contributed by atoms with van der Waals surface area (Å²) >= 11 is 0. The summed E-state index contributed by atoms with van der Waals surface area (Å²) in [5.41, 5.74) is 2.79. The molecule has 1 saturated heterocycles. The molecule has 0 bridgehead atoms. The topological polar surface area (TPSA) is 78.8 Å². The van der Waals surface area contributed by atoms with Crippen LogP contribution < -0.4 is 10.2 Å². The van der Waals surface area contributed by atoms with Crippen LogP contribution in [-0.2, 0) is 15.4 Å². The molecule has 0 radical (unpaired) electrons. The average molecular weight is 426 g/mol. The van der Waals surface area contributed by atoms with Gasteiger partial charge in [0.15, 0.2) is 0 Å². The summed E-state index contributed by atoms with van der Waals surface area (Å²) in [6.45, 7) is 7.14. The van der Waals surface area contributed by atoms with Crippen molar-refractivity contribution in [1.29, 1.82) is 0 Å². The molecule has 2 heterocycles. The third-order valence-corrected chi connectivity index (χ3v) is 6.95. The Hall–Kier alpha value is -2.67. The third kappa shape index (κ3) is 3.99. The van der Waals surface area contributed by atoms with Gasteiger partial charge in [0.05, 0.1) is 5.69 Å². The molecule has 0 aliphatic carbocycles. The van der Waals surface area contributed by atoms with Crippen molar-refractivity contribution in [2.75, 3.05) is 16.8 Å². The van der Waals surface area contributed by atoms with Crippen molar-refractivity contribution in [2.45, 2.75) is 56.8 Å². The van der Waals surface area contributed by atoms with Gasteiger partial charge in [0.1, 0.15) is 10.7 Å². The lowest BCUT2D eigenvalue weighted by Crippen LogP contribution is -2.35. The number of rotatable bonds is 2. The van der Waals surface area contributed by atoms with Gasteiger partial charge in [-0.25, -0.2) is 0 Å². The van der Waals surface area contributed by atoms with E-state index in [0.29, 0.717) is 29.2 Å². The van der Waals surface area contributed by atoms with Gasteiger partial charge in [-0.05, 0) is 54.2 Å². The van der Waals surface area contributed by atoms with Crippen LogP contribution in [0.25, 0.3) is 0 Å². The number of amides is 1. The predicted molar refractivity (Wildman–Crippen MR) is 120 cm³/mol. The van der Waals surface area contributed by atoms with Crippen LogP contribution in [0.5, 0.6) is 0 Å². The van der Waals surface area contributed by atoms with E-state index in [1.54, 1.807) is 12.1 Å². The Labute approximate surface area is 178 Å². The van der Waals surface area contributed by atoms with Gasteiger partial charge < -0.3 is 10.2 Å². The molecule has 2 aromatic carbocycles. The molecule has 30 heavy (non-hydrogen) atoms. The molecule has 2 aliphatic heterocycles. The van der Waals surface area contributed by atoms with Crippen LogP contribution in [0.1, 0.15) is 62.4 Å². The van der Waals surface area contributed by atoms with Crippen LogP contribution in [0.2, 0.25) is 0 Å². The zero-order valence-corrected chi connectivity index (χ0v) is 18.4. The van der Waals surface area contributed by atoms with E-state index in [-0.39, 0.29) is 16.2 Å². The summed E-state index contributed by atoms with van der Waals surface area (Å²) < 4.78 is 29.6. The first-order chi connectivity index (χ1) is 14.1. The van der Waals surface area contributed by atoms with Gasteiger partial charge in [0.25, 0.3) is 15.9 Å². The number of nitrogens with zero attached hydrogens (tertiary/aromatic N) is 2. The number of fused-ring (bicyclic) bond motifs is 3. The zero-order chi connectivity index (χ0) is 21.5. The Morgan fingerprint density at radius 2 is 1.77 bits per heavy atom. The molecule has 0 aromatic heterocycles. The average Bonchev–Trinajstić information content (AvgIpc) is 2.92. The summed E-state index contributed by atoms with van der Waals surface area (Å²) in [5.74, 6) is 0.262. The molecule has 0 saturated carbocycles. The van der Waals surface area contributed by atoms with E-state index in [2.05, 4.69) is 30.5 Å². The van der Waals surface area contributed by atoms with Crippen molar-refractivity contribution in [2.24, 2.45) is 4.40 Å². The van der Waals surface area contributed by atoms with Crippen molar-refractivity contribution in [3.63, 3.8) is 0 Å². The maximum atomic E-state index is 12.8. The molecule has 0 spiro atoms. The van der Waals surface area contributed by atoms with Crippen LogP contribution >= 0.6 is 0 Å². The normalized spacial score (nSPS) is 18.0. The number of hydrogen-bond acceptors (Lipinski definition) is 4. The highest BCUT2D eigenvalue weighted by Gasteiger charge is 2.32. The van der Waals surface area contributed by atoms with Crippen LogP contribution in [0.15, 0.2) is 51.8 Å². The van der Waals surface area contributed by atoms with Gasteiger partial charge in [-0.15, -0.1) is 4.40 Å². The molecule has 1 fully saturated rings. The van der Waals surface area contributed by atoms with Crippen molar-refractivity contribution in [1.82, 2.24) is 0 Å². The Balaban J connectivity index is 1.61. The molecule has 7 heteroatoms. The maximum absolute atomic E-state index is 12.8. The van der Waals surface area contributed by atoms with E-state index in [0.717, 1.165) is 25.8 Å². The van der Waals surface area contributed by atoms with Crippen LogP contribution in [0.4, 0.5) is 11.4 Å². The number of carbonyl (C=O) groups is 1. The van der Waals surface area contributed by atoms with Crippen molar-refractivity contribution in [3.05, 3.63) is 53.6 Å². The molecular formula is C23H27N3O3S. The van der Waals surface area contributed by atoms with Crippen LogP contribution in [0, 0.1) is 0 Å². The number of hydrogen-bond donors (Lipinski definition) is 1. The second-order valence-electron chi connectivity index (χ2n) is 8.91. The van der Waals surface area contributed by atoms with E-state index in [9.17, 15) is 13.2 Å². The van der Waals surface area contributed by atoms with Gasteiger partial charge >= 0.3 is 0 Å². The smallest absolute Gasteiger partial charge is 0.286 e. The molecule has 6 nitrogen and oxygen atoms in total. The van der Waals surface area contributed by atoms with E-state index in [4.69, 9.17) is 0 Å². The van der Waals surface area contributed by atoms with E-state index >= 15 is 0 Å². The standard InChI is InChI=1S/C23H27N3O3S/c1-23(2,3)17-9-11-18(12-10-17)24-22(27)16-8-13-19-20(15-16)30(28,29)25-21-7-5-4-6-14-26(19)21/h8-13,15H,4-7,14H2,1-3H3,(H,24,27). The Morgan fingerprint density at radius 1 is 1.03 bits per heavy atom. The first kappa shape index (κ1) is 20.6. The van der Waals surface area contributed by atoms with E-state index in [1.807, 2.05) is 29.2 Å². The lowest BCUT2D eigenvalue weighted by molar-refractivity contribution is 0.102. The number of anilines is 2. The molecule has 2 aliphatic rings. The van der Waals surface area contributed by atoms with Gasteiger partial charge in [0, 0.05) is 24.2 Å². The van der Waals surface area contributed by atoms with Crippen molar-refractivity contribution >= 4 is 33.1 Å². The number of sulfonamides is 1. The fourth-order valence-electron chi connectivity index (χ4n) is 3.88. The molecular weight excluding hydrogens is 398 g/mol. The van der Waals surface area contributed by atoms with Gasteiger partial charge in [-0.3, -0.25) is 4.79 Å². The minimum atomic E-state index is -3.81. The number of amidine groups is 1. The molecule has 1 N–H and O–H groups in total. The Bertz CT molecular complexity index is 1110. The van der Waals surface area contributed by atoms with Gasteiger partial charge in [-0.2, -0.15) is 8.42 Å². The van der Waals surface area contributed by atoms with E-state index < -0.39 is 10.0 Å². The number of carbonyl (C=O) groups excluding carboxylic acids is 1. The van der Waals surface area contributed by atoms with Gasteiger partial charge in [0.2, 0.25) is 0 Å². The fourth-order valence-corrected chi connectivity index (χ4v) is 5.16. The first-order valence-electron chi connectivity index (χ1n) is 10.3. The second-order valence-corrected chi connectivity index (χ2v) is 10.5. The number of nitrogens with one attached hydrogen (secondary N) is 1. The lowest BCUT2D eigenvalue weighted by atomic mass is 9.87. The molecule has 0 atom stereocenters. The highest BCUT2D eigenvalue weighted by molar-refractivity contribution is 7.90. The SMILES string of the molecule is CC(C)(C)c1ccc(NC(=O)c2ccc3c(c2)S(=O)(=O)N=C2CCCCCN23)cc1. The second kappa shape index (κ2) is 7.54. The Kier molecular flexibility index (Phi) is 5.18. The molecule has 0 unspecified atom stereocenters. The molecule has 1 amide bonds. The third-order valence-electron chi connectivity index (χ3n) is 5.62. The summed E-state index contributed by atoms with van der Waals surface area (Å²) in [6.07, 6.45) is 3.64. The molecule has 158 valence electrons. The highest BCUT2D eigenvalue weighted by Crippen LogP contribution is 2.35. The Morgan fingerprint density at radius 3 is 2.47 bits per heavy atom.